The van der Waals surface area contributed by atoms with E-state index in [9.17, 15) is 9.90 Å². The fraction of sp³-hybridized carbons (Fsp3) is 0.381. The summed E-state index contributed by atoms with van der Waals surface area (Å²) in [6.07, 6.45) is 0.612. The van der Waals surface area contributed by atoms with Crippen molar-refractivity contribution in [3.63, 3.8) is 0 Å². The average Bonchev–Trinajstić information content (AvgIpc) is 2.64. The van der Waals surface area contributed by atoms with E-state index in [-0.39, 0.29) is 0 Å². The van der Waals surface area contributed by atoms with Crippen LogP contribution >= 0.6 is 0 Å². The number of unbranched alkanes of at least 4 members (excludes halogenated alkanes) is 1. The van der Waals surface area contributed by atoms with E-state index in [1.165, 1.54) is 0 Å². The Kier molecular flexibility index (Phi) is 7.48. The van der Waals surface area contributed by atoms with Gasteiger partial charge in [-0.1, -0.05) is 67.9 Å². The molecule has 2 rings (SSSR count). The van der Waals surface area contributed by atoms with Gasteiger partial charge in [0.25, 0.3) is 0 Å². The summed E-state index contributed by atoms with van der Waals surface area (Å²) in [6, 6.07) is 17.3. The molecule has 1 amide bonds. The van der Waals surface area contributed by atoms with Gasteiger partial charge in [0.15, 0.2) is 0 Å². The molecule has 2 aromatic carbocycles. The van der Waals surface area contributed by atoms with Crippen LogP contribution in [0.15, 0.2) is 54.6 Å². The fourth-order valence-electron chi connectivity index (χ4n) is 2.75. The second-order valence-electron chi connectivity index (χ2n) is 6.23. The Labute approximate surface area is 149 Å². The first-order chi connectivity index (χ1) is 12.1. The molecular formula is C21H27NO3. The van der Waals surface area contributed by atoms with E-state index in [0.29, 0.717) is 13.0 Å². The second kappa shape index (κ2) is 9.84. The number of alkyl carbamates (subject to hydrolysis) is 1. The minimum atomic E-state index is -0.824. The smallest absolute Gasteiger partial charge is 0.407 e. The number of carbonyl (C=O) groups is 1. The highest BCUT2D eigenvalue weighted by atomic mass is 16.6. The van der Waals surface area contributed by atoms with Crippen LogP contribution in [0.25, 0.3) is 0 Å². The molecule has 4 nitrogen and oxygen atoms in total. The summed E-state index contributed by atoms with van der Waals surface area (Å²) >= 11 is 0. The van der Waals surface area contributed by atoms with Gasteiger partial charge in [-0.15, -0.1) is 0 Å². The van der Waals surface area contributed by atoms with Gasteiger partial charge in [0, 0.05) is 6.54 Å². The van der Waals surface area contributed by atoms with Crippen LogP contribution in [-0.2, 0) is 11.3 Å². The maximum absolute atomic E-state index is 12.2. The summed E-state index contributed by atoms with van der Waals surface area (Å²) < 4.78 is 5.55. The largest absolute Gasteiger partial charge is 0.443 e. The van der Waals surface area contributed by atoms with Gasteiger partial charge in [-0.2, -0.15) is 0 Å². The number of aliphatic hydroxyl groups is 1. The molecule has 134 valence electrons. The Morgan fingerprint density at radius 1 is 1.12 bits per heavy atom. The Morgan fingerprint density at radius 3 is 2.48 bits per heavy atom. The highest BCUT2D eigenvalue weighted by Crippen LogP contribution is 2.25. The lowest BCUT2D eigenvalue weighted by Crippen LogP contribution is -2.32. The van der Waals surface area contributed by atoms with Gasteiger partial charge in [-0.05, 0) is 36.5 Å². The lowest BCUT2D eigenvalue weighted by Gasteiger charge is -2.24. The van der Waals surface area contributed by atoms with Crippen molar-refractivity contribution in [2.75, 3.05) is 0 Å². The standard InChI is InChI=1S/C21H27NO3/c1-3-4-14-19(20(23)18-13-9-8-10-16(18)2)25-21(24)22-15-17-11-6-5-7-12-17/h5-13,19-20,23H,3-4,14-15H2,1-2H3,(H,22,24). The summed E-state index contributed by atoms with van der Waals surface area (Å²) in [7, 11) is 0. The third-order valence-electron chi connectivity index (χ3n) is 4.24. The number of hydrogen-bond donors (Lipinski definition) is 2. The van der Waals surface area contributed by atoms with Crippen LogP contribution in [-0.4, -0.2) is 17.3 Å². The van der Waals surface area contributed by atoms with E-state index in [4.69, 9.17) is 4.74 Å². The number of amides is 1. The summed E-state index contributed by atoms with van der Waals surface area (Å²) in [4.78, 5) is 12.2. The molecule has 0 fully saturated rings. The summed E-state index contributed by atoms with van der Waals surface area (Å²) in [5.41, 5.74) is 2.80. The number of aryl methyl sites for hydroxylation is 1. The first-order valence-corrected chi connectivity index (χ1v) is 8.83. The van der Waals surface area contributed by atoms with Crippen LogP contribution in [0.1, 0.15) is 49.0 Å². The Morgan fingerprint density at radius 2 is 1.80 bits per heavy atom. The third-order valence-corrected chi connectivity index (χ3v) is 4.24. The quantitative estimate of drug-likeness (QED) is 0.742. The SMILES string of the molecule is CCCCC(OC(=O)NCc1ccccc1)C(O)c1ccccc1C. The molecule has 0 aliphatic rings. The number of ether oxygens (including phenoxy) is 1. The van der Waals surface area contributed by atoms with Crippen molar-refractivity contribution in [1.82, 2.24) is 5.32 Å². The van der Waals surface area contributed by atoms with Crippen molar-refractivity contribution in [2.24, 2.45) is 0 Å². The molecule has 0 aliphatic carbocycles. The molecule has 0 spiro atoms. The predicted molar refractivity (Wildman–Crippen MR) is 99.2 cm³/mol. The zero-order chi connectivity index (χ0) is 18.1. The monoisotopic (exact) mass is 341 g/mol. The molecule has 25 heavy (non-hydrogen) atoms. The summed E-state index contributed by atoms with van der Waals surface area (Å²) in [5.74, 6) is 0. The van der Waals surface area contributed by atoms with Crippen LogP contribution in [0, 0.1) is 6.92 Å². The summed E-state index contributed by atoms with van der Waals surface area (Å²) in [5, 5.41) is 13.5. The summed E-state index contributed by atoms with van der Waals surface area (Å²) in [6.45, 7) is 4.43. The van der Waals surface area contributed by atoms with E-state index < -0.39 is 18.3 Å². The average molecular weight is 341 g/mol. The molecule has 0 saturated heterocycles. The molecule has 0 aliphatic heterocycles. The van der Waals surface area contributed by atoms with Crippen molar-refractivity contribution >= 4 is 6.09 Å². The lowest BCUT2D eigenvalue weighted by atomic mass is 9.96. The molecule has 2 unspecified atom stereocenters. The number of aliphatic hydroxyl groups excluding tert-OH is 1. The third kappa shape index (κ3) is 5.91. The van der Waals surface area contributed by atoms with E-state index in [1.54, 1.807) is 0 Å². The van der Waals surface area contributed by atoms with Crippen LogP contribution in [0.2, 0.25) is 0 Å². The van der Waals surface area contributed by atoms with Crippen molar-refractivity contribution in [2.45, 2.75) is 51.9 Å². The molecular weight excluding hydrogens is 314 g/mol. The molecule has 0 radical (unpaired) electrons. The van der Waals surface area contributed by atoms with Gasteiger partial charge < -0.3 is 15.2 Å². The maximum atomic E-state index is 12.2. The van der Waals surface area contributed by atoms with Gasteiger partial charge in [0.2, 0.25) is 0 Å². The van der Waals surface area contributed by atoms with E-state index in [1.807, 2.05) is 61.5 Å². The minimum absolute atomic E-state index is 0.403. The first-order valence-electron chi connectivity index (χ1n) is 8.83. The van der Waals surface area contributed by atoms with Gasteiger partial charge in [-0.25, -0.2) is 4.79 Å². The Bertz CT molecular complexity index is 657. The van der Waals surface area contributed by atoms with Crippen molar-refractivity contribution < 1.29 is 14.6 Å². The molecule has 2 atom stereocenters. The number of nitrogens with one attached hydrogen (secondary N) is 1. The second-order valence-corrected chi connectivity index (χ2v) is 6.23. The molecule has 0 heterocycles. The van der Waals surface area contributed by atoms with E-state index in [2.05, 4.69) is 12.2 Å². The fourth-order valence-corrected chi connectivity index (χ4v) is 2.75. The van der Waals surface area contributed by atoms with Gasteiger partial charge in [0.1, 0.15) is 12.2 Å². The lowest BCUT2D eigenvalue weighted by molar-refractivity contribution is -0.00431. The van der Waals surface area contributed by atoms with Crippen molar-refractivity contribution in [3.8, 4) is 0 Å². The maximum Gasteiger partial charge on any atom is 0.407 e. The van der Waals surface area contributed by atoms with E-state index >= 15 is 0 Å². The van der Waals surface area contributed by atoms with E-state index in [0.717, 1.165) is 29.5 Å². The molecule has 4 heteroatoms. The zero-order valence-electron chi connectivity index (χ0n) is 14.9. The van der Waals surface area contributed by atoms with Gasteiger partial charge in [0.05, 0.1) is 0 Å². The Balaban J connectivity index is 1.99. The van der Waals surface area contributed by atoms with Gasteiger partial charge >= 0.3 is 6.09 Å². The Hall–Kier alpha value is -2.33. The first kappa shape index (κ1) is 19.0. The van der Waals surface area contributed by atoms with Crippen LogP contribution < -0.4 is 5.32 Å². The number of rotatable bonds is 8. The van der Waals surface area contributed by atoms with Crippen molar-refractivity contribution in [3.05, 3.63) is 71.3 Å². The molecule has 0 saturated carbocycles. The highest BCUT2D eigenvalue weighted by molar-refractivity contribution is 5.67. The minimum Gasteiger partial charge on any atom is -0.443 e. The molecule has 0 aromatic heterocycles. The molecule has 2 aromatic rings. The zero-order valence-corrected chi connectivity index (χ0v) is 14.9. The van der Waals surface area contributed by atoms with Gasteiger partial charge in [-0.3, -0.25) is 0 Å². The normalized spacial score (nSPS) is 13.1. The highest BCUT2D eigenvalue weighted by Gasteiger charge is 2.25. The van der Waals surface area contributed by atoms with Crippen molar-refractivity contribution in [1.29, 1.82) is 0 Å². The molecule has 0 bridgehead atoms. The van der Waals surface area contributed by atoms with Crippen LogP contribution in [0.4, 0.5) is 4.79 Å². The van der Waals surface area contributed by atoms with Crippen LogP contribution in [0.3, 0.4) is 0 Å². The predicted octanol–water partition coefficient (Wildman–Crippen LogP) is 4.51. The number of hydrogen-bond acceptors (Lipinski definition) is 3. The number of benzene rings is 2. The van der Waals surface area contributed by atoms with Crippen LogP contribution in [0.5, 0.6) is 0 Å². The topological polar surface area (TPSA) is 58.6 Å². The molecule has 2 N–H and O–H groups in total. The number of carbonyl (C=O) groups excluding carboxylic acids is 1.